The summed E-state index contributed by atoms with van der Waals surface area (Å²) in [6.45, 7) is 0. The molecular weight excluding hydrogens is 783 g/mol. The highest BCUT2D eigenvalue weighted by Crippen LogP contribution is 2.46. The lowest BCUT2D eigenvalue weighted by Crippen LogP contribution is -2.10. The van der Waals surface area contributed by atoms with Crippen LogP contribution in [-0.4, -0.2) is 0 Å². The second kappa shape index (κ2) is 14.3. The van der Waals surface area contributed by atoms with Gasteiger partial charge < -0.3 is 9.32 Å². The smallest absolute Gasteiger partial charge is 0.136 e. The third-order valence-electron chi connectivity index (χ3n) is 12.8. The number of thiophene rings is 1. The molecule has 0 amide bonds. The van der Waals surface area contributed by atoms with E-state index < -0.39 is 0 Å². The zero-order valence-corrected chi connectivity index (χ0v) is 34.9. The molecule has 13 rings (SSSR count). The maximum atomic E-state index is 6.39. The van der Waals surface area contributed by atoms with Crippen LogP contribution in [0.5, 0.6) is 0 Å². The van der Waals surface area contributed by atoms with Crippen LogP contribution in [0.2, 0.25) is 0 Å². The Hall–Kier alpha value is -7.98. The molecule has 2 nitrogen and oxygen atoms in total. The van der Waals surface area contributed by atoms with E-state index >= 15 is 0 Å². The van der Waals surface area contributed by atoms with Crippen molar-refractivity contribution in [3.8, 4) is 33.4 Å². The molecule has 2 heterocycles. The van der Waals surface area contributed by atoms with Gasteiger partial charge in [-0.2, -0.15) is 0 Å². The Morgan fingerprint density at radius 2 is 0.857 bits per heavy atom. The Balaban J connectivity index is 0.953. The van der Waals surface area contributed by atoms with Gasteiger partial charge in [0.25, 0.3) is 0 Å². The molecular formula is C60H37NOS. The summed E-state index contributed by atoms with van der Waals surface area (Å²) in [5, 5.41) is 12.4. The van der Waals surface area contributed by atoms with Crippen LogP contribution in [0.25, 0.3) is 108 Å². The van der Waals surface area contributed by atoms with Gasteiger partial charge in [-0.3, -0.25) is 0 Å². The molecule has 0 aliphatic heterocycles. The van der Waals surface area contributed by atoms with E-state index in [0.29, 0.717) is 0 Å². The quantitative estimate of drug-likeness (QED) is 0.166. The minimum Gasteiger partial charge on any atom is -0.456 e. The standard InChI is InChI=1S/C60H37NOS/c1-3-16-48-38(10-1)12-8-19-50(48)40-22-29-45(30-23-40)61(46-31-24-41(25-32-46)51-20-9-13-39-11-2-4-17-49(39)51)47-15-7-14-43(36-47)44-28-34-56-53(37-44)60-57(63-56)35-27-42-26-33-55-59(58(42)60)52-18-5-6-21-54(52)62-55/h1-37H. The van der Waals surface area contributed by atoms with Gasteiger partial charge in [-0.1, -0.05) is 158 Å². The first-order valence-electron chi connectivity index (χ1n) is 21.5. The van der Waals surface area contributed by atoms with E-state index in [1.807, 2.05) is 17.4 Å². The molecule has 63 heavy (non-hydrogen) atoms. The number of para-hydroxylation sites is 1. The van der Waals surface area contributed by atoms with Gasteiger partial charge in [0.15, 0.2) is 0 Å². The van der Waals surface area contributed by atoms with Crippen molar-refractivity contribution in [2.24, 2.45) is 0 Å². The van der Waals surface area contributed by atoms with Gasteiger partial charge in [-0.05, 0) is 127 Å². The first-order valence-corrected chi connectivity index (χ1v) is 22.3. The van der Waals surface area contributed by atoms with E-state index in [9.17, 15) is 0 Å². The van der Waals surface area contributed by atoms with Crippen LogP contribution in [0.1, 0.15) is 0 Å². The highest BCUT2D eigenvalue weighted by Gasteiger charge is 2.19. The van der Waals surface area contributed by atoms with E-state index in [2.05, 4.69) is 223 Å². The summed E-state index contributed by atoms with van der Waals surface area (Å²) in [6.07, 6.45) is 0. The molecule has 2 aromatic heterocycles. The molecule has 0 unspecified atom stereocenters. The lowest BCUT2D eigenvalue weighted by Gasteiger charge is -2.26. The van der Waals surface area contributed by atoms with Crippen molar-refractivity contribution in [2.45, 2.75) is 0 Å². The minimum atomic E-state index is 0.921. The molecule has 0 fully saturated rings. The summed E-state index contributed by atoms with van der Waals surface area (Å²) in [4.78, 5) is 2.38. The zero-order valence-electron chi connectivity index (χ0n) is 34.1. The third kappa shape index (κ3) is 5.85. The minimum absolute atomic E-state index is 0.921. The summed E-state index contributed by atoms with van der Waals surface area (Å²) in [7, 11) is 0. The maximum absolute atomic E-state index is 6.39. The van der Waals surface area contributed by atoms with Gasteiger partial charge in [-0.25, -0.2) is 0 Å². The Bertz CT molecular complexity index is 3770. The topological polar surface area (TPSA) is 16.4 Å². The second-order valence-electron chi connectivity index (χ2n) is 16.4. The number of furan rings is 1. The van der Waals surface area contributed by atoms with E-state index in [1.165, 1.54) is 85.7 Å². The number of nitrogens with zero attached hydrogens (tertiary/aromatic N) is 1. The fourth-order valence-corrected chi connectivity index (χ4v) is 11.0. The van der Waals surface area contributed by atoms with Crippen molar-refractivity contribution >= 4 is 103 Å². The molecule has 0 radical (unpaired) electrons. The Morgan fingerprint density at radius 1 is 0.302 bits per heavy atom. The normalized spacial score (nSPS) is 11.8. The third-order valence-corrected chi connectivity index (χ3v) is 14.0. The average Bonchev–Trinajstić information content (AvgIpc) is 3.93. The molecule has 11 aromatic carbocycles. The first-order chi connectivity index (χ1) is 31.2. The van der Waals surface area contributed by atoms with E-state index in [-0.39, 0.29) is 0 Å². The summed E-state index contributed by atoms with van der Waals surface area (Å²) in [5.74, 6) is 0. The number of benzene rings is 11. The van der Waals surface area contributed by atoms with Gasteiger partial charge in [0, 0.05) is 53.4 Å². The number of rotatable bonds is 6. The Kier molecular flexibility index (Phi) is 8.12. The Morgan fingerprint density at radius 3 is 1.56 bits per heavy atom. The van der Waals surface area contributed by atoms with Crippen LogP contribution in [0.4, 0.5) is 17.1 Å². The molecule has 294 valence electrons. The number of fused-ring (bicyclic) bond motifs is 11. The summed E-state index contributed by atoms with van der Waals surface area (Å²) in [5.41, 5.74) is 12.3. The van der Waals surface area contributed by atoms with Crippen molar-refractivity contribution in [1.29, 1.82) is 0 Å². The summed E-state index contributed by atoms with van der Waals surface area (Å²) in [6, 6.07) is 81.7. The maximum Gasteiger partial charge on any atom is 0.136 e. The van der Waals surface area contributed by atoms with E-state index in [4.69, 9.17) is 4.42 Å². The summed E-state index contributed by atoms with van der Waals surface area (Å²) < 4.78 is 8.95. The lowest BCUT2D eigenvalue weighted by atomic mass is 9.96. The van der Waals surface area contributed by atoms with Crippen LogP contribution < -0.4 is 4.90 Å². The molecule has 0 saturated heterocycles. The Labute approximate surface area is 368 Å². The number of hydrogen-bond donors (Lipinski definition) is 0. The zero-order chi connectivity index (χ0) is 41.4. The number of anilines is 3. The van der Waals surface area contributed by atoms with Gasteiger partial charge in [0.2, 0.25) is 0 Å². The van der Waals surface area contributed by atoms with Crippen LogP contribution in [0.3, 0.4) is 0 Å². The molecule has 0 bridgehead atoms. The highest BCUT2D eigenvalue weighted by molar-refractivity contribution is 7.26. The van der Waals surface area contributed by atoms with E-state index in [0.717, 1.165) is 39.2 Å². The molecule has 0 N–H and O–H groups in total. The molecule has 13 aromatic rings. The molecule has 0 saturated carbocycles. The van der Waals surface area contributed by atoms with E-state index in [1.54, 1.807) is 0 Å². The van der Waals surface area contributed by atoms with Crippen LogP contribution in [0, 0.1) is 0 Å². The van der Waals surface area contributed by atoms with Gasteiger partial charge >= 0.3 is 0 Å². The molecule has 0 spiro atoms. The SMILES string of the molecule is c1cc(-c2ccc3sc4ccc5ccc6oc7ccccc7c6c5c4c3c2)cc(N(c2ccc(-c3cccc4ccccc34)cc2)c2ccc(-c3cccc4ccccc34)cc2)c1. The fourth-order valence-electron chi connectivity index (χ4n) is 9.88. The molecule has 0 atom stereocenters. The summed E-state index contributed by atoms with van der Waals surface area (Å²) >= 11 is 1.86. The molecule has 0 aliphatic rings. The second-order valence-corrected chi connectivity index (χ2v) is 17.5. The van der Waals surface area contributed by atoms with Crippen LogP contribution in [0.15, 0.2) is 229 Å². The van der Waals surface area contributed by atoms with Gasteiger partial charge in [0.1, 0.15) is 11.2 Å². The first kappa shape index (κ1) is 35.7. The monoisotopic (exact) mass is 819 g/mol. The lowest BCUT2D eigenvalue weighted by molar-refractivity contribution is 0.669. The van der Waals surface area contributed by atoms with Gasteiger partial charge in [0.05, 0.1) is 0 Å². The van der Waals surface area contributed by atoms with Crippen molar-refractivity contribution < 1.29 is 4.42 Å². The van der Waals surface area contributed by atoms with Crippen molar-refractivity contribution in [3.05, 3.63) is 224 Å². The largest absolute Gasteiger partial charge is 0.456 e. The fraction of sp³-hybridized carbons (Fsp3) is 0. The molecule has 0 aliphatic carbocycles. The highest BCUT2D eigenvalue weighted by atomic mass is 32.1. The predicted octanol–water partition coefficient (Wildman–Crippen LogP) is 17.9. The van der Waals surface area contributed by atoms with Crippen molar-refractivity contribution in [3.63, 3.8) is 0 Å². The molecule has 3 heteroatoms. The van der Waals surface area contributed by atoms with Crippen LogP contribution >= 0.6 is 11.3 Å². The predicted molar refractivity (Wildman–Crippen MR) is 270 cm³/mol. The van der Waals surface area contributed by atoms with Crippen molar-refractivity contribution in [2.75, 3.05) is 4.90 Å². The van der Waals surface area contributed by atoms with Gasteiger partial charge in [-0.15, -0.1) is 11.3 Å². The number of hydrogen-bond acceptors (Lipinski definition) is 3. The average molecular weight is 820 g/mol. The van der Waals surface area contributed by atoms with Crippen molar-refractivity contribution in [1.82, 2.24) is 0 Å². The van der Waals surface area contributed by atoms with Crippen LogP contribution in [-0.2, 0) is 0 Å².